The largest absolute Gasteiger partial charge is 0.394 e. The highest BCUT2D eigenvalue weighted by atomic mass is 16.3. The Balaban J connectivity index is 1.75. The number of aliphatic hydroxyl groups excluding tert-OH is 2. The van der Waals surface area contributed by atoms with Crippen LogP contribution >= 0.6 is 0 Å². The molecule has 94 valence electrons. The van der Waals surface area contributed by atoms with Gasteiger partial charge in [-0.1, -0.05) is 0 Å². The molecule has 3 N–H and O–H groups in total. The van der Waals surface area contributed by atoms with E-state index in [1.165, 1.54) is 25.7 Å². The maximum absolute atomic E-state index is 9.52. The molecule has 0 aromatic rings. The molecule has 16 heavy (non-hydrogen) atoms. The number of nitrogens with one attached hydrogen (secondary N) is 1. The molecular weight excluding hydrogens is 204 g/mol. The van der Waals surface area contributed by atoms with Gasteiger partial charge in [-0.25, -0.2) is 0 Å². The minimum absolute atomic E-state index is 0.126. The quantitative estimate of drug-likeness (QED) is 0.565. The van der Waals surface area contributed by atoms with E-state index < -0.39 is 6.10 Å². The predicted molar refractivity (Wildman–Crippen MR) is 63.3 cm³/mol. The standard InChI is InChI=1S/C12H24N2O2/c15-9-12(16)8-14(6-10-3-4-10)7-11-2-1-5-13-11/h10-13,15-16H,1-9H2. The molecular formula is C12H24N2O2. The van der Waals surface area contributed by atoms with Crippen LogP contribution in [0.1, 0.15) is 25.7 Å². The second kappa shape index (κ2) is 5.96. The van der Waals surface area contributed by atoms with E-state index in [0.29, 0.717) is 12.6 Å². The minimum Gasteiger partial charge on any atom is -0.394 e. The van der Waals surface area contributed by atoms with Crippen LogP contribution in [-0.2, 0) is 0 Å². The molecule has 1 aliphatic carbocycles. The Bertz CT molecular complexity index is 203. The van der Waals surface area contributed by atoms with Gasteiger partial charge < -0.3 is 15.5 Å². The third kappa shape index (κ3) is 4.01. The number of nitrogens with zero attached hydrogens (tertiary/aromatic N) is 1. The van der Waals surface area contributed by atoms with Crippen LogP contribution in [0.4, 0.5) is 0 Å². The highest BCUT2D eigenvalue weighted by Crippen LogP contribution is 2.30. The molecule has 0 aromatic heterocycles. The first-order valence-electron chi connectivity index (χ1n) is 6.52. The zero-order valence-electron chi connectivity index (χ0n) is 9.94. The molecule has 2 atom stereocenters. The van der Waals surface area contributed by atoms with Crippen molar-refractivity contribution in [1.29, 1.82) is 0 Å². The van der Waals surface area contributed by atoms with Crippen molar-refractivity contribution in [3.63, 3.8) is 0 Å². The van der Waals surface area contributed by atoms with Gasteiger partial charge in [-0.2, -0.15) is 0 Å². The predicted octanol–water partition coefficient (Wildman–Crippen LogP) is -0.196. The fourth-order valence-electron chi connectivity index (χ4n) is 2.47. The van der Waals surface area contributed by atoms with E-state index in [1.807, 2.05) is 0 Å². The molecule has 2 fully saturated rings. The molecule has 0 amide bonds. The maximum Gasteiger partial charge on any atom is 0.0897 e. The monoisotopic (exact) mass is 228 g/mol. The van der Waals surface area contributed by atoms with Gasteiger partial charge in [0.05, 0.1) is 12.7 Å². The molecule has 2 rings (SSSR count). The second-order valence-electron chi connectivity index (χ2n) is 5.29. The molecule has 1 saturated heterocycles. The first kappa shape index (κ1) is 12.3. The van der Waals surface area contributed by atoms with E-state index in [2.05, 4.69) is 10.2 Å². The summed E-state index contributed by atoms with van der Waals surface area (Å²) >= 11 is 0. The summed E-state index contributed by atoms with van der Waals surface area (Å²) in [4.78, 5) is 2.32. The first-order chi connectivity index (χ1) is 7.78. The van der Waals surface area contributed by atoms with Crippen LogP contribution < -0.4 is 5.32 Å². The molecule has 1 heterocycles. The molecule has 0 radical (unpaired) electrons. The second-order valence-corrected chi connectivity index (χ2v) is 5.29. The molecule has 1 saturated carbocycles. The lowest BCUT2D eigenvalue weighted by Gasteiger charge is -2.27. The zero-order valence-corrected chi connectivity index (χ0v) is 9.94. The average Bonchev–Trinajstić information content (AvgIpc) is 2.93. The fourth-order valence-corrected chi connectivity index (χ4v) is 2.47. The van der Waals surface area contributed by atoms with Gasteiger partial charge in [-0.15, -0.1) is 0 Å². The van der Waals surface area contributed by atoms with Crippen molar-refractivity contribution in [2.24, 2.45) is 5.92 Å². The van der Waals surface area contributed by atoms with Gasteiger partial charge in [0.15, 0.2) is 0 Å². The van der Waals surface area contributed by atoms with E-state index in [9.17, 15) is 5.11 Å². The number of aliphatic hydroxyl groups is 2. The van der Waals surface area contributed by atoms with Crippen LogP contribution in [0, 0.1) is 5.92 Å². The zero-order chi connectivity index (χ0) is 11.4. The van der Waals surface area contributed by atoms with Crippen molar-refractivity contribution in [1.82, 2.24) is 10.2 Å². The number of hydrogen-bond acceptors (Lipinski definition) is 4. The van der Waals surface area contributed by atoms with Gasteiger partial charge in [0.2, 0.25) is 0 Å². The lowest BCUT2D eigenvalue weighted by Crippen LogP contribution is -2.43. The smallest absolute Gasteiger partial charge is 0.0897 e. The summed E-state index contributed by atoms with van der Waals surface area (Å²) in [6.07, 6.45) is 4.61. The van der Waals surface area contributed by atoms with Gasteiger partial charge in [0.1, 0.15) is 0 Å². The van der Waals surface area contributed by atoms with Crippen molar-refractivity contribution >= 4 is 0 Å². The molecule has 4 heteroatoms. The Hall–Kier alpha value is -0.160. The van der Waals surface area contributed by atoms with Crippen LogP contribution in [0.3, 0.4) is 0 Å². The molecule has 4 nitrogen and oxygen atoms in total. The molecule has 0 aromatic carbocycles. The third-order valence-corrected chi connectivity index (χ3v) is 3.53. The van der Waals surface area contributed by atoms with E-state index in [-0.39, 0.29) is 6.61 Å². The Kier molecular flexibility index (Phi) is 4.58. The van der Waals surface area contributed by atoms with Gasteiger partial charge in [-0.3, -0.25) is 4.90 Å². The van der Waals surface area contributed by atoms with Crippen LogP contribution in [0.5, 0.6) is 0 Å². The highest BCUT2D eigenvalue weighted by molar-refractivity contribution is 4.83. The molecule has 1 aliphatic heterocycles. The van der Waals surface area contributed by atoms with E-state index in [4.69, 9.17) is 5.11 Å². The van der Waals surface area contributed by atoms with Crippen molar-refractivity contribution in [2.75, 3.05) is 32.8 Å². The van der Waals surface area contributed by atoms with E-state index in [0.717, 1.165) is 25.6 Å². The summed E-state index contributed by atoms with van der Waals surface area (Å²) in [7, 11) is 0. The third-order valence-electron chi connectivity index (χ3n) is 3.53. The Morgan fingerprint density at radius 1 is 1.25 bits per heavy atom. The van der Waals surface area contributed by atoms with Gasteiger partial charge >= 0.3 is 0 Å². The van der Waals surface area contributed by atoms with Crippen LogP contribution in [0.25, 0.3) is 0 Å². The summed E-state index contributed by atoms with van der Waals surface area (Å²) in [5, 5.41) is 21.9. The van der Waals surface area contributed by atoms with Crippen LogP contribution in [0.2, 0.25) is 0 Å². The Morgan fingerprint density at radius 2 is 2.06 bits per heavy atom. The molecule has 2 aliphatic rings. The molecule has 0 spiro atoms. The topological polar surface area (TPSA) is 55.7 Å². The highest BCUT2D eigenvalue weighted by Gasteiger charge is 2.27. The van der Waals surface area contributed by atoms with Crippen molar-refractivity contribution in [2.45, 2.75) is 37.8 Å². The maximum atomic E-state index is 9.52. The number of hydrogen-bond donors (Lipinski definition) is 3. The van der Waals surface area contributed by atoms with Gasteiger partial charge in [-0.05, 0) is 38.1 Å². The minimum atomic E-state index is -0.583. The van der Waals surface area contributed by atoms with Crippen molar-refractivity contribution in [3.05, 3.63) is 0 Å². The Labute approximate surface area is 97.6 Å². The lowest BCUT2D eigenvalue weighted by atomic mass is 10.2. The lowest BCUT2D eigenvalue weighted by molar-refractivity contribution is 0.0552. The normalized spacial score (nSPS) is 27.6. The fraction of sp³-hybridized carbons (Fsp3) is 1.00. The van der Waals surface area contributed by atoms with Crippen molar-refractivity contribution < 1.29 is 10.2 Å². The average molecular weight is 228 g/mol. The Morgan fingerprint density at radius 3 is 2.62 bits per heavy atom. The SMILES string of the molecule is OCC(O)CN(CC1CC1)CC1CCCN1. The van der Waals surface area contributed by atoms with Crippen molar-refractivity contribution in [3.8, 4) is 0 Å². The molecule has 0 bridgehead atoms. The van der Waals surface area contributed by atoms with Gasteiger partial charge in [0, 0.05) is 25.7 Å². The van der Waals surface area contributed by atoms with Gasteiger partial charge in [0.25, 0.3) is 0 Å². The first-order valence-corrected chi connectivity index (χ1v) is 6.52. The van der Waals surface area contributed by atoms with E-state index in [1.54, 1.807) is 0 Å². The summed E-state index contributed by atoms with van der Waals surface area (Å²) in [5.41, 5.74) is 0. The summed E-state index contributed by atoms with van der Waals surface area (Å²) in [6, 6.07) is 0.588. The van der Waals surface area contributed by atoms with E-state index >= 15 is 0 Å². The van der Waals surface area contributed by atoms with Crippen LogP contribution in [-0.4, -0.2) is 60.0 Å². The summed E-state index contributed by atoms with van der Waals surface area (Å²) in [6.45, 7) is 3.73. The summed E-state index contributed by atoms with van der Waals surface area (Å²) < 4.78 is 0. The summed E-state index contributed by atoms with van der Waals surface area (Å²) in [5.74, 6) is 0.840. The number of rotatable bonds is 7. The molecule has 2 unspecified atom stereocenters. The van der Waals surface area contributed by atoms with Crippen LogP contribution in [0.15, 0.2) is 0 Å².